The predicted molar refractivity (Wildman–Crippen MR) is 159 cm³/mol. The third-order valence-corrected chi connectivity index (χ3v) is 13.6. The number of nitrogens with two attached hydrogens (primary N) is 2. The lowest BCUT2D eigenvalue weighted by Gasteiger charge is -2.37. The molecule has 4 N–H and O–H groups in total. The van der Waals surface area contributed by atoms with E-state index in [2.05, 4.69) is 26.8 Å². The van der Waals surface area contributed by atoms with Crippen LogP contribution in [0.1, 0.15) is 71.4 Å². The first kappa shape index (κ1) is 29.4. The Labute approximate surface area is 239 Å². The van der Waals surface area contributed by atoms with Crippen LogP contribution in [0, 0.1) is 33.5 Å². The molecule has 1 aromatic rings. The molecule has 4 aliphatic rings. The molecule has 1 aromatic carbocycles. The van der Waals surface area contributed by atoms with Crippen LogP contribution in [0.15, 0.2) is 35.4 Å². The maximum absolute atomic E-state index is 14.0. The van der Waals surface area contributed by atoms with E-state index in [1.807, 2.05) is 44.2 Å². The van der Waals surface area contributed by atoms with Crippen molar-refractivity contribution < 1.29 is 18.0 Å². The van der Waals surface area contributed by atoms with Crippen molar-refractivity contribution in [2.24, 2.45) is 45.0 Å². The summed E-state index contributed by atoms with van der Waals surface area (Å²) >= 11 is 0. The zero-order valence-electron chi connectivity index (χ0n) is 24.6. The van der Waals surface area contributed by atoms with E-state index < -0.39 is 20.9 Å². The third-order valence-electron chi connectivity index (χ3n) is 11.6. The summed E-state index contributed by atoms with van der Waals surface area (Å²) in [6, 6.07) is 8.00. The van der Waals surface area contributed by atoms with Crippen LogP contribution in [0.2, 0.25) is 0 Å². The van der Waals surface area contributed by atoms with Crippen LogP contribution in [-0.4, -0.2) is 56.2 Å². The summed E-state index contributed by atoms with van der Waals surface area (Å²) in [5.41, 5.74) is 13.2. The molecule has 4 fully saturated rings. The summed E-state index contributed by atoms with van der Waals surface area (Å²) in [5.74, 6) is 0.317. The van der Waals surface area contributed by atoms with Gasteiger partial charge in [0.1, 0.15) is 0 Å². The summed E-state index contributed by atoms with van der Waals surface area (Å²) < 4.78 is 28.3. The number of fused-ring (bicyclic) bond motifs is 4. The van der Waals surface area contributed by atoms with E-state index in [9.17, 15) is 18.0 Å². The number of allylic oxidation sites excluding steroid dienone is 2. The standard InChI is InChI=1S/C32H45N3O4S/c1-29(2)25-10-12-31(29,5)27(36)23(25)18-21-6-8-22(9-7-21)19-24-26-11-13-32(28(24)37,30(26,3)4)20-40(38,39)35(16-14-33)17-15-34/h6-9,18-19,25-26H,10-17,20,33-34H2,1-5H3/b23-18-,24-19-. The quantitative estimate of drug-likeness (QED) is 0.434. The van der Waals surface area contributed by atoms with Crippen molar-refractivity contribution in [1.29, 1.82) is 0 Å². The van der Waals surface area contributed by atoms with Crippen LogP contribution < -0.4 is 11.5 Å². The van der Waals surface area contributed by atoms with Crippen LogP contribution in [0.4, 0.5) is 0 Å². The maximum atomic E-state index is 14.0. The molecule has 0 radical (unpaired) electrons. The van der Waals surface area contributed by atoms with Gasteiger partial charge in [0, 0.05) is 37.2 Å². The zero-order chi connectivity index (χ0) is 29.3. The fourth-order valence-electron chi connectivity index (χ4n) is 8.50. The number of nitrogens with zero attached hydrogens (tertiary/aromatic N) is 1. The van der Waals surface area contributed by atoms with Crippen molar-refractivity contribution in [1.82, 2.24) is 4.31 Å². The number of sulfonamides is 1. The van der Waals surface area contributed by atoms with E-state index in [-0.39, 0.29) is 60.2 Å². The third kappa shape index (κ3) is 4.04. The fraction of sp³-hybridized carbons (Fsp3) is 0.625. The van der Waals surface area contributed by atoms with Crippen molar-refractivity contribution in [3.63, 3.8) is 0 Å². The molecular weight excluding hydrogens is 522 g/mol. The van der Waals surface area contributed by atoms with E-state index in [1.165, 1.54) is 4.31 Å². The zero-order valence-corrected chi connectivity index (χ0v) is 25.4. The molecule has 0 saturated heterocycles. The second kappa shape index (κ2) is 9.72. The van der Waals surface area contributed by atoms with Gasteiger partial charge in [-0.05, 0) is 77.2 Å². The lowest BCUT2D eigenvalue weighted by molar-refractivity contribution is -0.126. The van der Waals surface area contributed by atoms with E-state index in [1.54, 1.807) is 0 Å². The summed E-state index contributed by atoms with van der Waals surface area (Å²) in [7, 11) is -3.72. The molecule has 0 amide bonds. The highest BCUT2D eigenvalue weighted by atomic mass is 32.2. The molecule has 7 nitrogen and oxygen atoms in total. The number of hydrogen-bond acceptors (Lipinski definition) is 6. The first-order valence-corrected chi connectivity index (χ1v) is 16.3. The molecule has 5 rings (SSSR count). The summed E-state index contributed by atoms with van der Waals surface area (Å²) in [6.45, 7) is 11.4. The number of carbonyl (C=O) groups excluding carboxylic acids is 2. The molecule has 218 valence electrons. The van der Waals surface area contributed by atoms with Crippen molar-refractivity contribution >= 4 is 33.7 Å². The summed E-state index contributed by atoms with van der Waals surface area (Å²) in [4.78, 5) is 27.2. The van der Waals surface area contributed by atoms with Crippen molar-refractivity contribution in [2.75, 3.05) is 31.9 Å². The Morgan fingerprint density at radius 3 is 1.75 bits per heavy atom. The minimum atomic E-state index is -3.72. The van der Waals surface area contributed by atoms with Crippen LogP contribution in [0.3, 0.4) is 0 Å². The Balaban J connectivity index is 1.41. The molecule has 4 saturated carbocycles. The molecule has 40 heavy (non-hydrogen) atoms. The largest absolute Gasteiger partial charge is 0.329 e. The number of benzene rings is 1. The van der Waals surface area contributed by atoms with Crippen LogP contribution in [0.5, 0.6) is 0 Å². The highest BCUT2D eigenvalue weighted by Gasteiger charge is 2.68. The van der Waals surface area contributed by atoms with E-state index in [4.69, 9.17) is 11.5 Å². The van der Waals surface area contributed by atoms with E-state index in [0.29, 0.717) is 12.3 Å². The van der Waals surface area contributed by atoms with Crippen molar-refractivity contribution in [3.05, 3.63) is 46.5 Å². The van der Waals surface area contributed by atoms with Gasteiger partial charge in [-0.25, -0.2) is 8.42 Å². The lowest BCUT2D eigenvalue weighted by atomic mass is 9.70. The van der Waals surface area contributed by atoms with Gasteiger partial charge in [0.25, 0.3) is 0 Å². The molecule has 8 heteroatoms. The van der Waals surface area contributed by atoms with Crippen LogP contribution in [0.25, 0.3) is 12.2 Å². The molecule has 4 unspecified atom stereocenters. The predicted octanol–water partition coefficient (Wildman–Crippen LogP) is 4.03. The first-order chi connectivity index (χ1) is 18.7. The number of carbonyl (C=O) groups is 2. The van der Waals surface area contributed by atoms with Gasteiger partial charge in [-0.1, -0.05) is 58.9 Å². The number of Topliss-reactive ketones (excluding diaryl/α,β-unsaturated/α-hetero) is 2. The monoisotopic (exact) mass is 567 g/mol. The maximum Gasteiger partial charge on any atom is 0.215 e. The van der Waals surface area contributed by atoms with Gasteiger partial charge in [-0.2, -0.15) is 4.31 Å². The van der Waals surface area contributed by atoms with Crippen molar-refractivity contribution in [3.8, 4) is 0 Å². The topological polar surface area (TPSA) is 124 Å². The molecule has 0 heterocycles. The molecule has 0 aromatic heterocycles. The number of hydrogen-bond donors (Lipinski definition) is 2. The summed E-state index contributed by atoms with van der Waals surface area (Å²) in [6.07, 6.45) is 7.37. The first-order valence-electron chi connectivity index (χ1n) is 14.7. The van der Waals surface area contributed by atoms with Crippen molar-refractivity contribution in [2.45, 2.75) is 60.3 Å². The molecule has 0 aliphatic heterocycles. The van der Waals surface area contributed by atoms with Gasteiger partial charge in [-0.15, -0.1) is 0 Å². The van der Waals surface area contributed by atoms with E-state index >= 15 is 0 Å². The SMILES string of the molecule is CC12CCC(/C(=C/c3ccc(/C=C4\C(=O)C5(CS(=O)(=O)N(CCN)CCN)CCC4C5(C)C)cc3)C1=O)C2(C)C. The average Bonchev–Trinajstić information content (AvgIpc) is 3.38. The lowest BCUT2D eigenvalue weighted by Crippen LogP contribution is -2.48. The Morgan fingerprint density at radius 2 is 1.27 bits per heavy atom. The van der Waals surface area contributed by atoms with Gasteiger partial charge in [0.15, 0.2) is 11.6 Å². The molecule has 0 spiro atoms. The second-order valence-corrected chi connectivity index (χ2v) is 15.8. The minimum Gasteiger partial charge on any atom is -0.329 e. The highest BCUT2D eigenvalue weighted by Crippen LogP contribution is 2.67. The Bertz CT molecular complexity index is 1390. The molecular formula is C32H45N3O4S. The van der Waals surface area contributed by atoms with Gasteiger partial charge in [0.2, 0.25) is 10.0 Å². The second-order valence-electron chi connectivity index (χ2n) is 13.8. The van der Waals surface area contributed by atoms with E-state index in [0.717, 1.165) is 41.5 Å². The fourth-order valence-corrected chi connectivity index (χ4v) is 10.7. The van der Waals surface area contributed by atoms with Gasteiger partial charge in [0.05, 0.1) is 11.2 Å². The Morgan fingerprint density at radius 1 is 0.800 bits per heavy atom. The van der Waals surface area contributed by atoms with Crippen LogP contribution >= 0.6 is 0 Å². The van der Waals surface area contributed by atoms with Gasteiger partial charge < -0.3 is 11.5 Å². The number of rotatable bonds is 9. The Kier molecular flexibility index (Phi) is 7.13. The Hall–Kier alpha value is -2.13. The number of ketones is 2. The molecule has 4 bridgehead atoms. The average molecular weight is 568 g/mol. The molecule has 4 atom stereocenters. The molecule has 4 aliphatic carbocycles. The van der Waals surface area contributed by atoms with Gasteiger partial charge in [-0.3, -0.25) is 9.59 Å². The normalized spacial score (nSPS) is 34.2. The highest BCUT2D eigenvalue weighted by molar-refractivity contribution is 7.89. The smallest absolute Gasteiger partial charge is 0.215 e. The minimum absolute atomic E-state index is 0.00379. The summed E-state index contributed by atoms with van der Waals surface area (Å²) in [5, 5.41) is 0. The van der Waals surface area contributed by atoms with Crippen LogP contribution in [-0.2, 0) is 19.6 Å². The van der Waals surface area contributed by atoms with Gasteiger partial charge >= 0.3 is 0 Å².